The van der Waals surface area contributed by atoms with Gasteiger partial charge in [-0.2, -0.15) is 0 Å². The van der Waals surface area contributed by atoms with Crippen LogP contribution >= 0.6 is 11.9 Å². The first-order chi connectivity index (χ1) is 15.5. The third-order valence-electron chi connectivity index (χ3n) is 5.71. The predicted molar refractivity (Wildman–Crippen MR) is 122 cm³/mol. The second-order valence-electron chi connectivity index (χ2n) is 7.89. The molecule has 0 bridgehead atoms. The van der Waals surface area contributed by atoms with Crippen LogP contribution in [0.3, 0.4) is 0 Å². The van der Waals surface area contributed by atoms with Gasteiger partial charge in [0.15, 0.2) is 0 Å². The molecular formula is C24H22F3N3OS. The lowest BCUT2D eigenvalue weighted by atomic mass is 10.0. The highest BCUT2D eigenvalue weighted by Gasteiger charge is 2.31. The summed E-state index contributed by atoms with van der Waals surface area (Å²) >= 11 is 1.42. The number of aromatic nitrogens is 1. The lowest BCUT2D eigenvalue weighted by Gasteiger charge is -2.32. The van der Waals surface area contributed by atoms with Crippen molar-refractivity contribution in [3.8, 4) is 5.75 Å². The first-order valence-electron chi connectivity index (χ1n) is 10.4. The highest BCUT2D eigenvalue weighted by molar-refractivity contribution is 7.97. The molecule has 8 heteroatoms. The molecule has 1 aliphatic rings. The maximum atomic E-state index is 12.3. The Morgan fingerprint density at radius 1 is 0.875 bits per heavy atom. The Labute approximate surface area is 187 Å². The maximum absolute atomic E-state index is 12.3. The van der Waals surface area contributed by atoms with Crippen molar-refractivity contribution >= 4 is 33.8 Å². The molecule has 2 heterocycles. The van der Waals surface area contributed by atoms with E-state index in [1.165, 1.54) is 45.9 Å². The highest BCUT2D eigenvalue weighted by Crippen LogP contribution is 2.34. The minimum absolute atomic E-state index is 0.213. The number of para-hydroxylation sites is 2. The van der Waals surface area contributed by atoms with Crippen LogP contribution in [0.5, 0.6) is 5.75 Å². The van der Waals surface area contributed by atoms with Gasteiger partial charge in [-0.25, -0.2) is 0 Å². The van der Waals surface area contributed by atoms with Gasteiger partial charge in [-0.3, -0.25) is 4.72 Å². The lowest BCUT2D eigenvalue weighted by molar-refractivity contribution is -0.274. The summed E-state index contributed by atoms with van der Waals surface area (Å²) in [6, 6.07) is 23.4. The van der Waals surface area contributed by atoms with E-state index in [9.17, 15) is 13.2 Å². The Balaban J connectivity index is 1.30. The molecule has 4 nitrogen and oxygen atoms in total. The molecule has 4 aromatic rings. The second-order valence-corrected chi connectivity index (χ2v) is 8.80. The number of rotatable bonds is 5. The molecule has 2 atom stereocenters. The van der Waals surface area contributed by atoms with Crippen LogP contribution < -0.4 is 14.8 Å². The number of nitrogens with zero attached hydrogens (tertiary/aromatic N) is 1. The molecule has 1 aliphatic heterocycles. The maximum Gasteiger partial charge on any atom is 0.573 e. The summed E-state index contributed by atoms with van der Waals surface area (Å²) in [6.45, 7) is 1.71. The molecular weight excluding hydrogens is 435 g/mol. The van der Waals surface area contributed by atoms with E-state index < -0.39 is 6.36 Å². The number of hydrogen-bond donors (Lipinski definition) is 2. The molecule has 0 amide bonds. The van der Waals surface area contributed by atoms with Crippen molar-refractivity contribution in [3.05, 3.63) is 72.8 Å². The third kappa shape index (κ3) is 4.44. The number of piperidine rings is 1. The summed E-state index contributed by atoms with van der Waals surface area (Å²) in [5.74, 6) is -0.215. The van der Waals surface area contributed by atoms with E-state index in [0.29, 0.717) is 0 Å². The fraction of sp³-hybridized carbons (Fsp3) is 0.250. The second kappa shape index (κ2) is 8.69. The molecule has 0 saturated carbocycles. The summed E-state index contributed by atoms with van der Waals surface area (Å²) in [7, 11) is 0. The van der Waals surface area contributed by atoms with E-state index in [4.69, 9.17) is 0 Å². The van der Waals surface area contributed by atoms with E-state index in [1.807, 2.05) is 0 Å². The minimum atomic E-state index is -4.68. The molecule has 0 aliphatic carbocycles. The Kier molecular flexibility index (Phi) is 5.75. The summed E-state index contributed by atoms with van der Waals surface area (Å²) in [5.41, 5.74) is 2.46. The van der Waals surface area contributed by atoms with Gasteiger partial charge in [-0.1, -0.05) is 36.4 Å². The fourth-order valence-corrected chi connectivity index (χ4v) is 5.17. The lowest BCUT2D eigenvalue weighted by Crippen LogP contribution is -2.45. The van der Waals surface area contributed by atoms with Crippen LogP contribution in [-0.4, -0.2) is 30.1 Å². The first kappa shape index (κ1) is 21.2. The molecule has 2 N–H and O–H groups in total. The minimum Gasteiger partial charge on any atom is -0.406 e. The van der Waals surface area contributed by atoms with E-state index in [1.54, 1.807) is 12.1 Å². The number of halogens is 3. The number of hydrogen-bond acceptors (Lipinski definition) is 4. The van der Waals surface area contributed by atoms with Gasteiger partial charge in [-0.05, 0) is 54.8 Å². The molecule has 166 valence electrons. The molecule has 0 spiro atoms. The zero-order valence-corrected chi connectivity index (χ0v) is 17.9. The van der Waals surface area contributed by atoms with Gasteiger partial charge in [0.2, 0.25) is 0 Å². The monoisotopic (exact) mass is 457 g/mol. The van der Waals surface area contributed by atoms with Crippen LogP contribution in [-0.2, 0) is 0 Å². The van der Waals surface area contributed by atoms with E-state index >= 15 is 0 Å². The van der Waals surface area contributed by atoms with E-state index in [2.05, 4.69) is 67.9 Å². The summed E-state index contributed by atoms with van der Waals surface area (Å²) in [5, 5.41) is 6.05. The topological polar surface area (TPSA) is 38.2 Å². The SMILES string of the molecule is FC(F)(F)Oc1ccc(SNC2CNCC(n3c4ccccc4c4ccccc43)C2)cc1. The van der Waals surface area contributed by atoms with Crippen LogP contribution in [0.2, 0.25) is 0 Å². The van der Waals surface area contributed by atoms with Crippen molar-refractivity contribution < 1.29 is 17.9 Å². The summed E-state index contributed by atoms with van der Waals surface area (Å²) < 4.78 is 46.8. The summed E-state index contributed by atoms with van der Waals surface area (Å²) in [6.07, 6.45) is -3.74. The number of fused-ring (bicyclic) bond motifs is 3. The average Bonchev–Trinajstić information content (AvgIpc) is 3.12. The zero-order chi connectivity index (χ0) is 22.1. The smallest absolute Gasteiger partial charge is 0.406 e. The highest BCUT2D eigenvalue weighted by atomic mass is 32.2. The Morgan fingerprint density at radius 2 is 1.50 bits per heavy atom. The predicted octanol–water partition coefficient (Wildman–Crippen LogP) is 5.89. The van der Waals surface area contributed by atoms with Gasteiger partial charge >= 0.3 is 6.36 Å². The van der Waals surface area contributed by atoms with Gasteiger partial charge < -0.3 is 14.6 Å². The Hall–Kier alpha value is -2.68. The van der Waals surface area contributed by atoms with Gasteiger partial charge in [-0.15, -0.1) is 13.2 Å². The summed E-state index contributed by atoms with van der Waals surface area (Å²) in [4.78, 5) is 0.832. The largest absolute Gasteiger partial charge is 0.573 e. The fourth-order valence-electron chi connectivity index (χ4n) is 4.41. The first-order valence-corrected chi connectivity index (χ1v) is 11.3. The van der Waals surface area contributed by atoms with Crippen LogP contribution in [0, 0.1) is 0 Å². The number of ether oxygens (including phenoxy) is 1. The molecule has 3 aromatic carbocycles. The molecule has 5 rings (SSSR count). The van der Waals surface area contributed by atoms with Crippen molar-refractivity contribution in [1.82, 2.24) is 14.6 Å². The van der Waals surface area contributed by atoms with Crippen molar-refractivity contribution in [3.63, 3.8) is 0 Å². The van der Waals surface area contributed by atoms with Gasteiger partial charge in [0.05, 0.1) is 0 Å². The van der Waals surface area contributed by atoms with Crippen molar-refractivity contribution in [1.29, 1.82) is 0 Å². The van der Waals surface area contributed by atoms with Crippen LogP contribution in [0.25, 0.3) is 21.8 Å². The van der Waals surface area contributed by atoms with Gasteiger partial charge in [0.1, 0.15) is 5.75 Å². The average molecular weight is 458 g/mol. The van der Waals surface area contributed by atoms with Crippen molar-refractivity contribution in [2.24, 2.45) is 0 Å². The van der Waals surface area contributed by atoms with Crippen LogP contribution in [0.15, 0.2) is 77.7 Å². The Morgan fingerprint density at radius 3 is 2.12 bits per heavy atom. The van der Waals surface area contributed by atoms with Gasteiger partial charge in [0, 0.05) is 51.9 Å². The van der Waals surface area contributed by atoms with Crippen molar-refractivity contribution in [2.75, 3.05) is 13.1 Å². The molecule has 0 radical (unpaired) electrons. The molecule has 32 heavy (non-hydrogen) atoms. The quantitative estimate of drug-likeness (QED) is 0.367. The number of alkyl halides is 3. The number of benzene rings is 3. The molecule has 2 unspecified atom stereocenters. The third-order valence-corrected chi connectivity index (χ3v) is 6.67. The molecule has 1 aromatic heterocycles. The molecule has 1 saturated heterocycles. The number of nitrogens with one attached hydrogen (secondary N) is 2. The zero-order valence-electron chi connectivity index (χ0n) is 17.1. The normalized spacial score (nSPS) is 19.5. The standard InChI is InChI=1S/C24H22F3N3OS/c25-24(26,27)31-18-9-11-19(12-10-18)32-29-16-13-17(15-28-14-16)30-22-7-3-1-5-20(22)21-6-2-4-8-23(21)30/h1-12,16-17,28-29H,13-15H2. The Bertz CT molecular complexity index is 1170. The van der Waals surface area contributed by atoms with Crippen LogP contribution in [0.4, 0.5) is 13.2 Å². The van der Waals surface area contributed by atoms with E-state index in [-0.39, 0.29) is 17.8 Å². The van der Waals surface area contributed by atoms with Crippen molar-refractivity contribution in [2.45, 2.75) is 29.8 Å². The van der Waals surface area contributed by atoms with Crippen LogP contribution in [0.1, 0.15) is 12.5 Å². The molecule has 1 fully saturated rings. The van der Waals surface area contributed by atoms with E-state index in [0.717, 1.165) is 24.4 Å². The van der Waals surface area contributed by atoms with Gasteiger partial charge in [0.25, 0.3) is 0 Å².